The van der Waals surface area contributed by atoms with Gasteiger partial charge in [-0.1, -0.05) is 0 Å². The molecule has 2 N–H and O–H groups in total. The Bertz CT molecular complexity index is 391. The highest BCUT2D eigenvalue weighted by Gasteiger charge is 2.09. The van der Waals surface area contributed by atoms with Crippen LogP contribution < -0.4 is 5.32 Å². The van der Waals surface area contributed by atoms with Gasteiger partial charge >= 0.3 is 5.97 Å². The van der Waals surface area contributed by atoms with Crippen molar-refractivity contribution in [2.45, 2.75) is 19.4 Å². The summed E-state index contributed by atoms with van der Waals surface area (Å²) in [7, 11) is 1.58. The zero-order chi connectivity index (χ0) is 12.7. The van der Waals surface area contributed by atoms with Gasteiger partial charge in [-0.2, -0.15) is 0 Å². The van der Waals surface area contributed by atoms with Crippen LogP contribution in [0.5, 0.6) is 0 Å². The van der Waals surface area contributed by atoms with E-state index in [9.17, 15) is 9.59 Å². The minimum atomic E-state index is -1.06. The Morgan fingerprint density at radius 1 is 1.59 bits per heavy atom. The van der Waals surface area contributed by atoms with E-state index in [2.05, 4.69) is 10.3 Å². The Morgan fingerprint density at radius 2 is 2.35 bits per heavy atom. The highest BCUT2D eigenvalue weighted by Crippen LogP contribution is 2.09. The molecule has 0 unspecified atom stereocenters. The minimum absolute atomic E-state index is 0.0126. The number of nitrogens with zero attached hydrogens (tertiary/aromatic N) is 1. The second kappa shape index (κ2) is 6.97. The molecule has 6 nitrogen and oxygen atoms in total. The van der Waals surface area contributed by atoms with Crippen LogP contribution in [0, 0.1) is 0 Å². The summed E-state index contributed by atoms with van der Waals surface area (Å²) in [6.45, 7) is 0.817. The Morgan fingerprint density at radius 3 is 2.94 bits per heavy atom. The monoisotopic (exact) mass is 258 g/mol. The molecule has 0 aliphatic heterocycles. The van der Waals surface area contributed by atoms with Crippen molar-refractivity contribution >= 4 is 23.2 Å². The first-order valence-corrected chi connectivity index (χ1v) is 5.94. The van der Waals surface area contributed by atoms with Crippen molar-refractivity contribution in [1.82, 2.24) is 10.3 Å². The van der Waals surface area contributed by atoms with Gasteiger partial charge in [-0.15, -0.1) is 11.3 Å². The van der Waals surface area contributed by atoms with Crippen molar-refractivity contribution in [2.75, 3.05) is 13.7 Å². The molecule has 0 saturated heterocycles. The quantitative estimate of drug-likeness (QED) is 0.709. The molecular formula is C10H14N2O4S. The lowest BCUT2D eigenvalue weighted by molar-refractivity contribution is -0.121. The molecule has 0 bridgehead atoms. The van der Waals surface area contributed by atoms with E-state index in [1.807, 2.05) is 0 Å². The number of aromatic nitrogens is 1. The summed E-state index contributed by atoms with van der Waals surface area (Å²) in [4.78, 5) is 25.8. The Balaban J connectivity index is 2.29. The molecule has 7 heteroatoms. The predicted octanol–water partition coefficient (Wildman–Crippen LogP) is 0.884. The van der Waals surface area contributed by atoms with Crippen LogP contribution in [-0.2, 0) is 16.1 Å². The largest absolute Gasteiger partial charge is 0.476 e. The van der Waals surface area contributed by atoms with E-state index < -0.39 is 5.97 Å². The number of carbonyl (C=O) groups is 2. The molecule has 0 spiro atoms. The molecule has 0 saturated carbocycles. The van der Waals surface area contributed by atoms with E-state index >= 15 is 0 Å². The van der Waals surface area contributed by atoms with Crippen molar-refractivity contribution in [3.05, 3.63) is 16.1 Å². The van der Waals surface area contributed by atoms with Crippen LogP contribution in [0.15, 0.2) is 5.38 Å². The zero-order valence-electron chi connectivity index (χ0n) is 9.43. The number of methoxy groups -OCH3 is 1. The van der Waals surface area contributed by atoms with Crippen molar-refractivity contribution in [3.63, 3.8) is 0 Å². The van der Waals surface area contributed by atoms with Gasteiger partial charge in [-0.05, 0) is 6.42 Å². The molecule has 1 heterocycles. The molecule has 17 heavy (non-hydrogen) atoms. The lowest BCUT2D eigenvalue weighted by atomic mass is 10.3. The van der Waals surface area contributed by atoms with E-state index in [0.717, 1.165) is 0 Å². The van der Waals surface area contributed by atoms with Crippen molar-refractivity contribution in [3.8, 4) is 0 Å². The number of carboxylic acids is 1. The maximum atomic E-state index is 11.3. The maximum Gasteiger partial charge on any atom is 0.355 e. The van der Waals surface area contributed by atoms with E-state index in [0.29, 0.717) is 24.5 Å². The number of carbonyl (C=O) groups excluding carboxylic acids is 1. The summed E-state index contributed by atoms with van der Waals surface area (Å²) < 4.78 is 4.83. The minimum Gasteiger partial charge on any atom is -0.476 e. The van der Waals surface area contributed by atoms with Gasteiger partial charge in [0.2, 0.25) is 5.91 Å². The molecule has 0 fully saturated rings. The van der Waals surface area contributed by atoms with Gasteiger partial charge in [0.05, 0.1) is 6.54 Å². The molecule has 0 aromatic carbocycles. The van der Waals surface area contributed by atoms with Crippen molar-refractivity contribution in [2.24, 2.45) is 0 Å². The topological polar surface area (TPSA) is 88.5 Å². The van der Waals surface area contributed by atoms with Gasteiger partial charge in [-0.25, -0.2) is 9.78 Å². The van der Waals surface area contributed by atoms with E-state index in [4.69, 9.17) is 9.84 Å². The summed E-state index contributed by atoms with van der Waals surface area (Å²) in [5.74, 6) is -1.15. The van der Waals surface area contributed by atoms with Gasteiger partial charge in [-0.3, -0.25) is 4.79 Å². The fourth-order valence-electron chi connectivity index (χ4n) is 1.13. The van der Waals surface area contributed by atoms with Crippen LogP contribution in [0.4, 0.5) is 0 Å². The number of hydrogen-bond acceptors (Lipinski definition) is 5. The summed E-state index contributed by atoms with van der Waals surface area (Å²) in [5, 5.41) is 13.4. The third-order valence-corrected chi connectivity index (χ3v) is 2.81. The third-order valence-electron chi connectivity index (χ3n) is 1.96. The predicted molar refractivity (Wildman–Crippen MR) is 62.0 cm³/mol. The highest BCUT2D eigenvalue weighted by molar-refractivity contribution is 7.09. The molecule has 1 aromatic heterocycles. The van der Waals surface area contributed by atoms with Crippen molar-refractivity contribution < 1.29 is 19.4 Å². The maximum absolute atomic E-state index is 11.3. The number of ether oxygens (including phenoxy) is 1. The van der Waals surface area contributed by atoms with E-state index in [1.165, 1.54) is 16.7 Å². The lowest BCUT2D eigenvalue weighted by Gasteiger charge is -2.02. The van der Waals surface area contributed by atoms with Crippen LogP contribution in [-0.4, -0.2) is 35.7 Å². The van der Waals surface area contributed by atoms with Crippen LogP contribution in [0.25, 0.3) is 0 Å². The summed E-state index contributed by atoms with van der Waals surface area (Å²) in [6.07, 6.45) is 1.06. The fourth-order valence-corrected chi connectivity index (χ4v) is 1.84. The van der Waals surface area contributed by atoms with Crippen LogP contribution in [0.1, 0.15) is 28.3 Å². The van der Waals surface area contributed by atoms with Crippen LogP contribution >= 0.6 is 11.3 Å². The molecule has 1 aromatic rings. The lowest BCUT2D eigenvalue weighted by Crippen LogP contribution is -2.22. The average molecular weight is 258 g/mol. The molecule has 1 amide bonds. The summed E-state index contributed by atoms with van der Waals surface area (Å²) in [5.41, 5.74) is 0.0126. The molecule has 0 aliphatic rings. The molecular weight excluding hydrogens is 244 g/mol. The highest BCUT2D eigenvalue weighted by atomic mass is 32.1. The number of aromatic carboxylic acids is 1. The van der Waals surface area contributed by atoms with Gasteiger partial charge in [0.15, 0.2) is 5.69 Å². The van der Waals surface area contributed by atoms with Gasteiger partial charge in [0.25, 0.3) is 0 Å². The normalized spacial score (nSPS) is 10.2. The number of nitrogens with one attached hydrogen (secondary N) is 1. The van der Waals surface area contributed by atoms with Gasteiger partial charge in [0.1, 0.15) is 5.01 Å². The number of rotatable bonds is 7. The Labute approximate surface area is 103 Å². The van der Waals surface area contributed by atoms with E-state index in [1.54, 1.807) is 7.11 Å². The molecule has 0 aliphatic carbocycles. The first-order valence-electron chi connectivity index (χ1n) is 5.07. The summed E-state index contributed by atoms with van der Waals surface area (Å²) in [6, 6.07) is 0. The Kier molecular flexibility index (Phi) is 5.58. The number of carboxylic acid groups (broad SMARTS) is 1. The zero-order valence-corrected chi connectivity index (χ0v) is 10.2. The van der Waals surface area contributed by atoms with E-state index in [-0.39, 0.29) is 18.1 Å². The molecule has 0 radical (unpaired) electrons. The van der Waals surface area contributed by atoms with Gasteiger partial charge in [0, 0.05) is 25.5 Å². The van der Waals surface area contributed by atoms with Crippen LogP contribution in [0.3, 0.4) is 0 Å². The number of thiazole rings is 1. The second-order valence-electron chi connectivity index (χ2n) is 3.30. The second-order valence-corrected chi connectivity index (χ2v) is 4.25. The third kappa shape index (κ3) is 4.92. The Hall–Kier alpha value is -1.47. The molecule has 94 valence electrons. The first-order chi connectivity index (χ1) is 8.13. The molecule has 1 rings (SSSR count). The molecule has 0 atom stereocenters. The average Bonchev–Trinajstić information content (AvgIpc) is 2.75. The number of amides is 1. The summed E-state index contributed by atoms with van der Waals surface area (Å²) >= 11 is 1.22. The van der Waals surface area contributed by atoms with Gasteiger partial charge < -0.3 is 15.2 Å². The smallest absolute Gasteiger partial charge is 0.355 e. The first kappa shape index (κ1) is 13.6. The fraction of sp³-hybridized carbons (Fsp3) is 0.500. The van der Waals surface area contributed by atoms with Crippen LogP contribution in [0.2, 0.25) is 0 Å². The van der Waals surface area contributed by atoms with Crippen molar-refractivity contribution in [1.29, 1.82) is 0 Å². The SMILES string of the molecule is COCCCC(=O)NCc1nc(C(=O)O)cs1. The standard InChI is InChI=1S/C10H14N2O4S/c1-16-4-2-3-8(13)11-5-9-12-7(6-17-9)10(14)15/h6H,2-5H2,1H3,(H,11,13)(H,14,15). The number of hydrogen-bond donors (Lipinski definition) is 2.